The van der Waals surface area contributed by atoms with E-state index in [9.17, 15) is 9.59 Å². The highest BCUT2D eigenvalue weighted by molar-refractivity contribution is 5.91. The second-order valence-electron chi connectivity index (χ2n) is 4.66. The van der Waals surface area contributed by atoms with Gasteiger partial charge in [0.25, 0.3) is 0 Å². The first-order valence-corrected chi connectivity index (χ1v) is 6.45. The van der Waals surface area contributed by atoms with Crippen LogP contribution in [0.4, 0.5) is 0 Å². The highest BCUT2D eigenvalue weighted by atomic mass is 16.5. The number of benzene rings is 2. The normalized spacial score (nSPS) is 10.5. The van der Waals surface area contributed by atoms with Crippen LogP contribution in [0.2, 0.25) is 0 Å². The maximum absolute atomic E-state index is 12.0. The monoisotopic (exact) mass is 280 g/mol. The predicted octanol–water partition coefficient (Wildman–Crippen LogP) is 3.32. The molecule has 3 rings (SSSR count). The third-order valence-electron chi connectivity index (χ3n) is 3.14. The topological polar surface area (TPSA) is 56.5 Å². The third kappa shape index (κ3) is 2.69. The fourth-order valence-corrected chi connectivity index (χ4v) is 2.13. The van der Waals surface area contributed by atoms with E-state index in [1.165, 1.54) is 6.07 Å². The van der Waals surface area contributed by atoms with Gasteiger partial charge in [0.1, 0.15) is 11.3 Å². The van der Waals surface area contributed by atoms with E-state index >= 15 is 0 Å². The lowest BCUT2D eigenvalue weighted by Crippen LogP contribution is -2.08. The van der Waals surface area contributed by atoms with Gasteiger partial charge in [0, 0.05) is 17.5 Å². The van der Waals surface area contributed by atoms with Crippen molar-refractivity contribution in [3.8, 4) is 5.75 Å². The molecule has 0 saturated heterocycles. The molecule has 4 heteroatoms. The number of hydrogen-bond donors (Lipinski definition) is 0. The average Bonchev–Trinajstić information content (AvgIpc) is 2.47. The minimum absolute atomic E-state index is 0.350. The summed E-state index contributed by atoms with van der Waals surface area (Å²) < 4.78 is 10.5. The van der Waals surface area contributed by atoms with E-state index in [1.807, 2.05) is 13.0 Å². The minimum Gasteiger partial charge on any atom is -0.423 e. The molecule has 0 bridgehead atoms. The SMILES string of the molecule is Cc1cc(OC(=O)c2ccccc2)cc2oc(=O)ccc12. The van der Waals surface area contributed by atoms with Gasteiger partial charge in [-0.15, -0.1) is 0 Å². The molecule has 4 nitrogen and oxygen atoms in total. The van der Waals surface area contributed by atoms with Gasteiger partial charge in [-0.25, -0.2) is 9.59 Å². The zero-order chi connectivity index (χ0) is 14.8. The van der Waals surface area contributed by atoms with Crippen molar-refractivity contribution in [2.75, 3.05) is 0 Å². The van der Waals surface area contributed by atoms with Gasteiger partial charge in [0.05, 0.1) is 5.56 Å². The lowest BCUT2D eigenvalue weighted by molar-refractivity contribution is 0.0735. The summed E-state index contributed by atoms with van der Waals surface area (Å²) in [4.78, 5) is 23.3. The standard InChI is InChI=1S/C17H12O4/c1-11-9-13(10-15-14(11)7-8-16(18)21-15)20-17(19)12-5-3-2-4-6-12/h2-10H,1H3. The molecule has 3 aromatic rings. The van der Waals surface area contributed by atoms with Crippen molar-refractivity contribution in [1.29, 1.82) is 0 Å². The van der Waals surface area contributed by atoms with Gasteiger partial charge >= 0.3 is 11.6 Å². The Labute approximate surface area is 120 Å². The number of hydrogen-bond acceptors (Lipinski definition) is 4. The Kier molecular flexibility index (Phi) is 3.28. The van der Waals surface area contributed by atoms with E-state index in [0.29, 0.717) is 16.9 Å². The lowest BCUT2D eigenvalue weighted by Gasteiger charge is -2.07. The third-order valence-corrected chi connectivity index (χ3v) is 3.14. The van der Waals surface area contributed by atoms with Crippen LogP contribution in [0.15, 0.2) is 63.8 Å². The van der Waals surface area contributed by atoms with E-state index < -0.39 is 11.6 Å². The molecule has 0 N–H and O–H groups in total. The number of rotatable bonds is 2. The first kappa shape index (κ1) is 13.1. The number of carbonyl (C=O) groups is 1. The first-order valence-electron chi connectivity index (χ1n) is 6.45. The Hall–Kier alpha value is -2.88. The van der Waals surface area contributed by atoms with Crippen LogP contribution in [-0.4, -0.2) is 5.97 Å². The average molecular weight is 280 g/mol. The van der Waals surface area contributed by atoms with Gasteiger partial charge in [0.15, 0.2) is 0 Å². The highest BCUT2D eigenvalue weighted by Crippen LogP contribution is 2.24. The molecular formula is C17H12O4. The fourth-order valence-electron chi connectivity index (χ4n) is 2.13. The summed E-state index contributed by atoms with van der Waals surface area (Å²) in [6.45, 7) is 1.86. The van der Waals surface area contributed by atoms with Crippen molar-refractivity contribution in [3.63, 3.8) is 0 Å². The van der Waals surface area contributed by atoms with E-state index in [1.54, 1.807) is 42.5 Å². The maximum Gasteiger partial charge on any atom is 0.343 e. The summed E-state index contributed by atoms with van der Waals surface area (Å²) in [7, 11) is 0. The van der Waals surface area contributed by atoms with Crippen molar-refractivity contribution >= 4 is 16.9 Å². The van der Waals surface area contributed by atoms with Crippen LogP contribution in [-0.2, 0) is 0 Å². The van der Waals surface area contributed by atoms with E-state index in [-0.39, 0.29) is 0 Å². The highest BCUT2D eigenvalue weighted by Gasteiger charge is 2.10. The molecule has 0 saturated carbocycles. The molecule has 0 atom stereocenters. The molecule has 0 fully saturated rings. The van der Waals surface area contributed by atoms with Crippen LogP contribution >= 0.6 is 0 Å². The lowest BCUT2D eigenvalue weighted by atomic mass is 10.1. The largest absolute Gasteiger partial charge is 0.423 e. The predicted molar refractivity (Wildman–Crippen MR) is 78.6 cm³/mol. The fraction of sp³-hybridized carbons (Fsp3) is 0.0588. The van der Waals surface area contributed by atoms with E-state index in [4.69, 9.17) is 9.15 Å². The molecular weight excluding hydrogens is 268 g/mol. The molecule has 1 aromatic heterocycles. The number of esters is 1. The zero-order valence-corrected chi connectivity index (χ0v) is 11.3. The van der Waals surface area contributed by atoms with Crippen LogP contribution in [0, 0.1) is 6.92 Å². The molecule has 0 aliphatic carbocycles. The molecule has 0 spiro atoms. The molecule has 104 valence electrons. The summed E-state index contributed by atoms with van der Waals surface area (Å²) in [6, 6.07) is 15.1. The molecule has 0 aliphatic rings. The number of aryl methyl sites for hydroxylation is 1. The molecule has 0 aliphatic heterocycles. The smallest absolute Gasteiger partial charge is 0.343 e. The van der Waals surface area contributed by atoms with Crippen LogP contribution in [0.5, 0.6) is 5.75 Å². The van der Waals surface area contributed by atoms with Gasteiger partial charge in [-0.2, -0.15) is 0 Å². The van der Waals surface area contributed by atoms with Crippen LogP contribution in [0.3, 0.4) is 0 Å². The second-order valence-corrected chi connectivity index (χ2v) is 4.66. The van der Waals surface area contributed by atoms with Gasteiger partial charge in [-0.3, -0.25) is 0 Å². The number of carbonyl (C=O) groups excluding carboxylic acids is 1. The Morgan fingerprint density at radius 3 is 2.57 bits per heavy atom. The van der Waals surface area contributed by atoms with Gasteiger partial charge < -0.3 is 9.15 Å². The van der Waals surface area contributed by atoms with Crippen LogP contribution < -0.4 is 10.4 Å². The van der Waals surface area contributed by atoms with Gasteiger partial charge in [0.2, 0.25) is 0 Å². The minimum atomic E-state index is -0.451. The molecule has 0 unspecified atom stereocenters. The summed E-state index contributed by atoms with van der Waals surface area (Å²) in [6.07, 6.45) is 0. The Bertz CT molecular complexity index is 863. The molecule has 0 radical (unpaired) electrons. The zero-order valence-electron chi connectivity index (χ0n) is 11.3. The Morgan fingerprint density at radius 2 is 1.81 bits per heavy atom. The molecule has 2 aromatic carbocycles. The van der Waals surface area contributed by atoms with Crippen molar-refractivity contribution in [2.45, 2.75) is 6.92 Å². The van der Waals surface area contributed by atoms with Crippen molar-refractivity contribution in [2.24, 2.45) is 0 Å². The van der Waals surface area contributed by atoms with Gasteiger partial charge in [-0.05, 0) is 36.8 Å². The van der Waals surface area contributed by atoms with Crippen LogP contribution in [0.25, 0.3) is 11.0 Å². The number of fused-ring (bicyclic) bond motifs is 1. The quantitative estimate of drug-likeness (QED) is 0.410. The number of ether oxygens (including phenoxy) is 1. The Balaban J connectivity index is 1.98. The second kappa shape index (κ2) is 5.25. The van der Waals surface area contributed by atoms with E-state index in [2.05, 4.69) is 0 Å². The van der Waals surface area contributed by atoms with Crippen molar-refractivity contribution < 1.29 is 13.9 Å². The molecule has 0 amide bonds. The summed E-state index contributed by atoms with van der Waals surface area (Å²) in [5.41, 5.74) is 1.30. The van der Waals surface area contributed by atoms with E-state index in [0.717, 1.165) is 10.9 Å². The van der Waals surface area contributed by atoms with Gasteiger partial charge in [-0.1, -0.05) is 18.2 Å². The Morgan fingerprint density at radius 1 is 1.05 bits per heavy atom. The van der Waals surface area contributed by atoms with Crippen LogP contribution in [0.1, 0.15) is 15.9 Å². The summed E-state index contributed by atoms with van der Waals surface area (Å²) in [5, 5.41) is 0.814. The van der Waals surface area contributed by atoms with Crippen molar-refractivity contribution in [3.05, 3.63) is 76.1 Å². The van der Waals surface area contributed by atoms with Crippen molar-refractivity contribution in [1.82, 2.24) is 0 Å². The molecule has 1 heterocycles. The molecule has 21 heavy (non-hydrogen) atoms. The first-order chi connectivity index (χ1) is 10.1. The summed E-state index contributed by atoms with van der Waals surface area (Å²) >= 11 is 0. The maximum atomic E-state index is 12.0. The summed E-state index contributed by atoms with van der Waals surface area (Å²) in [5.74, 6) is -0.101.